The maximum atomic E-state index is 5.59. The molecule has 7 heteroatoms. The van der Waals surface area contributed by atoms with E-state index in [9.17, 15) is 0 Å². The molecule has 1 saturated heterocycles. The van der Waals surface area contributed by atoms with E-state index in [0.29, 0.717) is 6.61 Å². The first-order valence-electron chi connectivity index (χ1n) is 9.03. The number of piperazine rings is 1. The zero-order chi connectivity index (χ0) is 17.8. The Hall–Kier alpha value is -1.99. The standard InChI is InChI=1S/C18H28N6O/c1-5-25-16-8-6-15(7-9-16)17(23-12-10-22(4)11-13-23)18-19-20-21-24(18)14(2)3/h6-9,14,17H,5,10-13H2,1-4H3. The molecule has 1 aliphatic heterocycles. The van der Waals surface area contributed by atoms with Crippen LogP contribution in [0.25, 0.3) is 0 Å². The smallest absolute Gasteiger partial charge is 0.173 e. The summed E-state index contributed by atoms with van der Waals surface area (Å²) < 4.78 is 7.52. The number of aromatic nitrogens is 4. The first-order chi connectivity index (χ1) is 12.1. The quantitative estimate of drug-likeness (QED) is 0.799. The van der Waals surface area contributed by atoms with Crippen LogP contribution >= 0.6 is 0 Å². The highest BCUT2D eigenvalue weighted by Gasteiger charge is 2.30. The molecule has 1 aromatic heterocycles. The number of rotatable bonds is 6. The van der Waals surface area contributed by atoms with Crippen molar-refractivity contribution in [3.8, 4) is 5.75 Å². The van der Waals surface area contributed by atoms with Crippen molar-refractivity contribution in [3.63, 3.8) is 0 Å². The molecule has 25 heavy (non-hydrogen) atoms. The summed E-state index contributed by atoms with van der Waals surface area (Å²) in [5.74, 6) is 1.80. The lowest BCUT2D eigenvalue weighted by molar-refractivity contribution is 0.121. The van der Waals surface area contributed by atoms with Crippen molar-refractivity contribution in [1.82, 2.24) is 30.0 Å². The van der Waals surface area contributed by atoms with Gasteiger partial charge in [0.05, 0.1) is 18.7 Å². The van der Waals surface area contributed by atoms with Crippen molar-refractivity contribution in [1.29, 1.82) is 0 Å². The van der Waals surface area contributed by atoms with Gasteiger partial charge in [-0.1, -0.05) is 12.1 Å². The summed E-state index contributed by atoms with van der Waals surface area (Å²) >= 11 is 0. The highest BCUT2D eigenvalue weighted by atomic mass is 16.5. The first-order valence-corrected chi connectivity index (χ1v) is 9.03. The van der Waals surface area contributed by atoms with E-state index in [2.05, 4.69) is 58.4 Å². The fourth-order valence-electron chi connectivity index (χ4n) is 3.26. The number of hydrogen-bond acceptors (Lipinski definition) is 6. The summed E-state index contributed by atoms with van der Waals surface area (Å²) in [6.07, 6.45) is 0. The van der Waals surface area contributed by atoms with E-state index < -0.39 is 0 Å². The Morgan fingerprint density at radius 1 is 1.08 bits per heavy atom. The van der Waals surface area contributed by atoms with Crippen molar-refractivity contribution in [2.45, 2.75) is 32.9 Å². The largest absolute Gasteiger partial charge is 0.494 e. The van der Waals surface area contributed by atoms with Crippen molar-refractivity contribution < 1.29 is 4.74 Å². The third-order valence-corrected chi connectivity index (χ3v) is 4.66. The van der Waals surface area contributed by atoms with Gasteiger partial charge in [-0.15, -0.1) is 5.10 Å². The predicted molar refractivity (Wildman–Crippen MR) is 96.7 cm³/mol. The van der Waals surface area contributed by atoms with E-state index in [-0.39, 0.29) is 12.1 Å². The van der Waals surface area contributed by atoms with E-state index >= 15 is 0 Å². The Balaban J connectivity index is 1.95. The summed E-state index contributed by atoms with van der Waals surface area (Å²) in [7, 11) is 2.17. The van der Waals surface area contributed by atoms with E-state index in [4.69, 9.17) is 4.74 Å². The molecule has 0 aliphatic carbocycles. The Morgan fingerprint density at radius 2 is 1.76 bits per heavy atom. The number of hydrogen-bond donors (Lipinski definition) is 0. The Morgan fingerprint density at radius 3 is 2.36 bits per heavy atom. The monoisotopic (exact) mass is 344 g/mol. The number of likely N-dealkylation sites (N-methyl/N-ethyl adjacent to an activating group) is 1. The molecule has 0 saturated carbocycles. The lowest BCUT2D eigenvalue weighted by atomic mass is 10.0. The van der Waals surface area contributed by atoms with Gasteiger partial charge >= 0.3 is 0 Å². The average Bonchev–Trinajstić information content (AvgIpc) is 3.08. The lowest BCUT2D eigenvalue weighted by Crippen LogP contribution is -2.46. The minimum Gasteiger partial charge on any atom is -0.494 e. The molecular formula is C18H28N6O. The third-order valence-electron chi connectivity index (χ3n) is 4.66. The fourth-order valence-corrected chi connectivity index (χ4v) is 3.26. The van der Waals surface area contributed by atoms with Gasteiger partial charge in [0, 0.05) is 26.2 Å². The zero-order valence-electron chi connectivity index (χ0n) is 15.6. The molecule has 0 spiro atoms. The van der Waals surface area contributed by atoms with Crippen LogP contribution in [0, 0.1) is 0 Å². The molecular weight excluding hydrogens is 316 g/mol. The van der Waals surface area contributed by atoms with Crippen molar-refractivity contribution >= 4 is 0 Å². The molecule has 0 radical (unpaired) electrons. The van der Waals surface area contributed by atoms with Gasteiger partial charge in [0.1, 0.15) is 5.75 Å². The number of ether oxygens (including phenoxy) is 1. The molecule has 1 aromatic carbocycles. The molecule has 0 bridgehead atoms. The predicted octanol–water partition coefficient (Wildman–Crippen LogP) is 1.99. The second kappa shape index (κ2) is 7.93. The van der Waals surface area contributed by atoms with Gasteiger partial charge in [0.15, 0.2) is 5.82 Å². The SMILES string of the molecule is CCOc1ccc(C(c2nnnn2C(C)C)N2CCN(C)CC2)cc1. The molecule has 7 nitrogen and oxygen atoms in total. The van der Waals surface area contributed by atoms with Crippen molar-refractivity contribution in [2.24, 2.45) is 0 Å². The van der Waals surface area contributed by atoms with E-state index in [0.717, 1.165) is 37.8 Å². The van der Waals surface area contributed by atoms with Gasteiger partial charge in [0.25, 0.3) is 0 Å². The van der Waals surface area contributed by atoms with Gasteiger partial charge in [-0.05, 0) is 55.9 Å². The third kappa shape index (κ3) is 3.99. The highest BCUT2D eigenvalue weighted by molar-refractivity contribution is 5.32. The van der Waals surface area contributed by atoms with Gasteiger partial charge in [-0.2, -0.15) is 0 Å². The van der Waals surface area contributed by atoms with Crippen molar-refractivity contribution in [3.05, 3.63) is 35.7 Å². The maximum absolute atomic E-state index is 5.59. The van der Waals surface area contributed by atoms with Crippen LogP contribution in [0.4, 0.5) is 0 Å². The van der Waals surface area contributed by atoms with Crippen LogP contribution in [0.3, 0.4) is 0 Å². The molecule has 1 aliphatic rings. The van der Waals surface area contributed by atoms with Crippen molar-refractivity contribution in [2.75, 3.05) is 39.8 Å². The van der Waals surface area contributed by atoms with Crippen LogP contribution in [-0.2, 0) is 0 Å². The van der Waals surface area contributed by atoms with Gasteiger partial charge < -0.3 is 9.64 Å². The average molecular weight is 344 g/mol. The lowest BCUT2D eigenvalue weighted by Gasteiger charge is -2.37. The summed E-state index contributed by atoms with van der Waals surface area (Å²) in [4.78, 5) is 4.83. The second-order valence-electron chi connectivity index (χ2n) is 6.82. The van der Waals surface area contributed by atoms with Crippen LogP contribution in [0.5, 0.6) is 5.75 Å². The molecule has 2 heterocycles. The minimum absolute atomic E-state index is 0.0572. The van der Waals surface area contributed by atoms with Gasteiger partial charge in [0.2, 0.25) is 0 Å². The van der Waals surface area contributed by atoms with E-state index in [1.54, 1.807) is 0 Å². The number of nitrogens with zero attached hydrogens (tertiary/aromatic N) is 6. The molecule has 1 unspecified atom stereocenters. The fraction of sp³-hybridized carbons (Fsp3) is 0.611. The molecule has 0 amide bonds. The molecule has 3 rings (SSSR count). The summed E-state index contributed by atoms with van der Waals surface area (Å²) in [5, 5.41) is 12.5. The summed E-state index contributed by atoms with van der Waals surface area (Å²) in [6, 6.07) is 8.61. The molecule has 1 fully saturated rings. The number of tetrazole rings is 1. The molecule has 136 valence electrons. The number of benzene rings is 1. The Bertz CT molecular complexity index is 660. The normalized spacial score (nSPS) is 17.8. The molecule has 1 atom stereocenters. The Kier molecular flexibility index (Phi) is 5.65. The van der Waals surface area contributed by atoms with Crippen LogP contribution in [0.2, 0.25) is 0 Å². The van der Waals surface area contributed by atoms with Gasteiger partial charge in [-0.3, -0.25) is 4.90 Å². The summed E-state index contributed by atoms with van der Waals surface area (Å²) in [6.45, 7) is 11.0. The van der Waals surface area contributed by atoms with Crippen LogP contribution in [0.15, 0.2) is 24.3 Å². The summed E-state index contributed by atoms with van der Waals surface area (Å²) in [5.41, 5.74) is 1.20. The van der Waals surface area contributed by atoms with Gasteiger partial charge in [-0.25, -0.2) is 4.68 Å². The van der Waals surface area contributed by atoms with E-state index in [1.807, 2.05) is 23.7 Å². The van der Waals surface area contributed by atoms with Crippen LogP contribution in [0.1, 0.15) is 44.2 Å². The highest BCUT2D eigenvalue weighted by Crippen LogP contribution is 2.30. The van der Waals surface area contributed by atoms with E-state index in [1.165, 1.54) is 5.56 Å². The second-order valence-corrected chi connectivity index (χ2v) is 6.82. The first kappa shape index (κ1) is 17.8. The maximum Gasteiger partial charge on any atom is 0.173 e. The Labute approximate surface area is 149 Å². The van der Waals surface area contributed by atoms with Crippen LogP contribution in [-0.4, -0.2) is 69.8 Å². The molecule has 0 N–H and O–H groups in total. The molecule has 2 aromatic rings. The topological polar surface area (TPSA) is 59.3 Å². The minimum atomic E-state index is 0.0572. The zero-order valence-corrected chi connectivity index (χ0v) is 15.6. The van der Waals surface area contributed by atoms with Crippen LogP contribution < -0.4 is 4.74 Å².